The molecule has 6 nitrogen and oxygen atoms in total. The van der Waals surface area contributed by atoms with Gasteiger partial charge in [-0.25, -0.2) is 13.8 Å². The maximum Gasteiger partial charge on any atom is 0.405 e. The molecule has 2 bridgehead atoms. The van der Waals surface area contributed by atoms with Crippen molar-refractivity contribution in [2.24, 2.45) is 5.41 Å². The summed E-state index contributed by atoms with van der Waals surface area (Å²) in [6.07, 6.45) is 1.87. The van der Waals surface area contributed by atoms with Crippen molar-refractivity contribution >= 4 is 22.8 Å². The number of hydrogen-bond donors (Lipinski definition) is 2. The van der Waals surface area contributed by atoms with Crippen molar-refractivity contribution in [2.75, 3.05) is 11.9 Å². The second-order valence-electron chi connectivity index (χ2n) is 10.4. The lowest BCUT2D eigenvalue weighted by atomic mass is 9.58. The van der Waals surface area contributed by atoms with Crippen LogP contribution in [0.3, 0.4) is 0 Å². The van der Waals surface area contributed by atoms with E-state index in [-0.39, 0.29) is 33.5 Å². The Balaban J connectivity index is 1.60. The first kappa shape index (κ1) is 25.2. The molecule has 3 aromatic rings. The van der Waals surface area contributed by atoms with Gasteiger partial charge in [0.25, 0.3) is 5.91 Å². The number of carbonyl (C=O) groups excluding carboxylic acids is 1. The third kappa shape index (κ3) is 4.91. The fourth-order valence-electron chi connectivity index (χ4n) is 5.38. The molecule has 1 amide bonds. The van der Waals surface area contributed by atoms with Crippen LogP contribution in [0.15, 0.2) is 41.3 Å². The quantitative estimate of drug-likeness (QED) is 0.437. The van der Waals surface area contributed by atoms with E-state index in [4.69, 9.17) is 0 Å². The monoisotopic (exact) mass is 520 g/mol. The molecular weight excluding hydrogens is 495 g/mol. The predicted octanol–water partition coefficient (Wildman–Crippen LogP) is 5.48. The van der Waals surface area contributed by atoms with Crippen LogP contribution in [0.25, 0.3) is 16.7 Å². The van der Waals surface area contributed by atoms with Crippen LogP contribution in [-0.2, 0) is 0 Å². The van der Waals surface area contributed by atoms with Crippen LogP contribution >= 0.6 is 0 Å². The minimum Gasteiger partial charge on any atom is -0.361 e. The predicted molar refractivity (Wildman–Crippen MR) is 128 cm³/mol. The zero-order valence-electron chi connectivity index (χ0n) is 20.0. The van der Waals surface area contributed by atoms with Gasteiger partial charge in [-0.3, -0.25) is 14.2 Å². The van der Waals surface area contributed by atoms with E-state index in [1.165, 1.54) is 12.1 Å². The molecule has 0 radical (unpaired) electrons. The smallest absolute Gasteiger partial charge is 0.361 e. The molecule has 196 valence electrons. The molecule has 2 heterocycles. The summed E-state index contributed by atoms with van der Waals surface area (Å²) in [7, 11) is 0. The lowest BCUT2D eigenvalue weighted by Crippen LogP contribution is -2.56. The van der Waals surface area contributed by atoms with E-state index in [2.05, 4.69) is 22.5 Å². The summed E-state index contributed by atoms with van der Waals surface area (Å²) in [6, 6.07) is 5.15. The minimum atomic E-state index is -4.52. The number of carbonyl (C=O) groups is 1. The molecule has 0 unspecified atom stereocenters. The number of hydrogen-bond acceptors (Lipinski definition) is 4. The molecule has 37 heavy (non-hydrogen) atoms. The number of nitrogens with zero attached hydrogens (tertiary/aromatic N) is 2. The lowest BCUT2D eigenvalue weighted by Gasteiger charge is -2.52. The number of halogens is 5. The van der Waals surface area contributed by atoms with Gasteiger partial charge in [0.05, 0.1) is 11.1 Å². The zero-order chi connectivity index (χ0) is 26.6. The van der Waals surface area contributed by atoms with Crippen molar-refractivity contribution in [1.82, 2.24) is 14.9 Å². The summed E-state index contributed by atoms with van der Waals surface area (Å²) in [5, 5.41) is 5.08. The van der Waals surface area contributed by atoms with Crippen LogP contribution in [0.5, 0.6) is 0 Å². The van der Waals surface area contributed by atoms with Crippen LogP contribution in [0.1, 0.15) is 55.8 Å². The van der Waals surface area contributed by atoms with Gasteiger partial charge in [-0.15, -0.1) is 0 Å². The molecule has 6 rings (SSSR count). The van der Waals surface area contributed by atoms with Gasteiger partial charge in [0.2, 0.25) is 5.43 Å². The molecule has 11 heteroatoms. The lowest BCUT2D eigenvalue weighted by molar-refractivity contribution is -0.115. The Morgan fingerprint density at radius 1 is 1.05 bits per heavy atom. The second-order valence-corrected chi connectivity index (χ2v) is 10.4. The maximum absolute atomic E-state index is 14.8. The Labute approximate surface area is 208 Å². The van der Waals surface area contributed by atoms with Gasteiger partial charge in [0.1, 0.15) is 29.6 Å². The van der Waals surface area contributed by atoms with E-state index >= 15 is 0 Å². The number of nitrogens with one attached hydrogen (secondary N) is 2. The van der Waals surface area contributed by atoms with Gasteiger partial charge >= 0.3 is 6.18 Å². The molecule has 3 saturated carbocycles. The number of alkyl halides is 3. The highest BCUT2D eigenvalue weighted by Crippen LogP contribution is 2.51. The van der Waals surface area contributed by atoms with Crippen molar-refractivity contribution in [1.29, 1.82) is 0 Å². The van der Waals surface area contributed by atoms with Crippen LogP contribution in [0.4, 0.5) is 27.8 Å². The molecular formula is C26H25F5N4O2. The summed E-state index contributed by atoms with van der Waals surface area (Å²) < 4.78 is 67.6. The van der Waals surface area contributed by atoms with E-state index in [1.807, 2.05) is 0 Å². The Hall–Kier alpha value is -3.50. The second kappa shape index (κ2) is 8.81. The Morgan fingerprint density at radius 3 is 2.35 bits per heavy atom. The SMILES string of the molecule is CC12CCC(NC(=O)c3cn(-c4ccc(F)cc4F)c4nc(NCC(F)(F)F)ccc4c3=O)(CC1)CC2. The number of benzene rings is 1. The molecule has 1 aromatic carbocycles. The van der Waals surface area contributed by atoms with Crippen molar-refractivity contribution in [3.05, 3.63) is 63.9 Å². The first-order valence-electron chi connectivity index (χ1n) is 12.0. The molecule has 0 aliphatic heterocycles. The number of pyridine rings is 2. The highest BCUT2D eigenvalue weighted by atomic mass is 19.4. The summed E-state index contributed by atoms with van der Waals surface area (Å²) in [6.45, 7) is 0.865. The largest absolute Gasteiger partial charge is 0.405 e. The number of amides is 1. The van der Waals surface area contributed by atoms with Crippen molar-refractivity contribution in [2.45, 2.75) is 57.2 Å². The van der Waals surface area contributed by atoms with Crippen molar-refractivity contribution < 1.29 is 26.7 Å². The molecule has 3 aliphatic rings. The average Bonchev–Trinajstić information content (AvgIpc) is 2.84. The van der Waals surface area contributed by atoms with Crippen LogP contribution in [0, 0.1) is 17.0 Å². The van der Waals surface area contributed by atoms with E-state index in [0.717, 1.165) is 61.4 Å². The number of rotatable bonds is 5. The molecule has 3 aliphatic carbocycles. The molecule has 2 N–H and O–H groups in total. The molecule has 2 aromatic heterocycles. The van der Waals surface area contributed by atoms with Gasteiger partial charge in [0.15, 0.2) is 5.65 Å². The minimum absolute atomic E-state index is 0.0914. The van der Waals surface area contributed by atoms with E-state index < -0.39 is 41.2 Å². The third-order valence-electron chi connectivity index (χ3n) is 7.73. The maximum atomic E-state index is 14.8. The average molecular weight is 521 g/mol. The highest BCUT2D eigenvalue weighted by Gasteiger charge is 2.47. The van der Waals surface area contributed by atoms with E-state index in [0.29, 0.717) is 6.07 Å². The topological polar surface area (TPSA) is 76.0 Å². The molecule has 0 saturated heterocycles. The Morgan fingerprint density at radius 2 is 1.73 bits per heavy atom. The number of aromatic nitrogens is 2. The summed E-state index contributed by atoms with van der Waals surface area (Å²) >= 11 is 0. The van der Waals surface area contributed by atoms with E-state index in [1.54, 1.807) is 0 Å². The first-order valence-corrected chi connectivity index (χ1v) is 12.0. The zero-order valence-corrected chi connectivity index (χ0v) is 20.0. The summed E-state index contributed by atoms with van der Waals surface area (Å²) in [4.78, 5) is 30.9. The summed E-state index contributed by atoms with van der Waals surface area (Å²) in [5.41, 5.74) is -1.50. The third-order valence-corrected chi connectivity index (χ3v) is 7.73. The summed E-state index contributed by atoms with van der Waals surface area (Å²) in [5.74, 6) is -2.66. The fourth-order valence-corrected chi connectivity index (χ4v) is 5.38. The normalized spacial score (nSPS) is 23.3. The van der Waals surface area contributed by atoms with Crippen molar-refractivity contribution in [3.63, 3.8) is 0 Å². The molecule has 3 fully saturated rings. The van der Waals surface area contributed by atoms with Gasteiger partial charge < -0.3 is 10.6 Å². The molecule has 0 atom stereocenters. The van der Waals surface area contributed by atoms with Gasteiger partial charge in [-0.05, 0) is 68.2 Å². The molecule has 0 spiro atoms. The van der Waals surface area contributed by atoms with Crippen LogP contribution < -0.4 is 16.1 Å². The number of fused-ring (bicyclic) bond motifs is 4. The highest BCUT2D eigenvalue weighted by molar-refractivity contribution is 5.97. The first-order chi connectivity index (χ1) is 17.4. The standard InChI is InChI=1S/C26H25F5N4O2/c1-24-6-9-25(10-7-24,11-8-24)34-23(37)17-13-35(19-4-2-15(27)12-18(19)28)22-16(21(17)36)3-5-20(33-22)32-14-26(29,30)31/h2-5,12-13H,6-11,14H2,1H3,(H,32,33)(H,34,37). The van der Waals surface area contributed by atoms with E-state index in [9.17, 15) is 31.5 Å². The van der Waals surface area contributed by atoms with Crippen LogP contribution in [-0.4, -0.2) is 33.7 Å². The van der Waals surface area contributed by atoms with Gasteiger partial charge in [-0.2, -0.15) is 13.2 Å². The van der Waals surface area contributed by atoms with Crippen LogP contribution in [0.2, 0.25) is 0 Å². The van der Waals surface area contributed by atoms with Gasteiger partial charge in [0, 0.05) is 17.8 Å². The Kier molecular flexibility index (Phi) is 5.99. The Bertz CT molecular complexity index is 1420. The van der Waals surface area contributed by atoms with Crippen molar-refractivity contribution in [3.8, 4) is 5.69 Å². The van der Waals surface area contributed by atoms with Gasteiger partial charge in [-0.1, -0.05) is 6.92 Å². The number of anilines is 1. The fraction of sp³-hybridized carbons (Fsp3) is 0.423.